The first kappa shape index (κ1) is 15.1. The first-order valence-corrected chi connectivity index (χ1v) is 7.40. The van der Waals surface area contributed by atoms with Crippen molar-refractivity contribution in [2.24, 2.45) is 0 Å². The average Bonchev–Trinajstić information content (AvgIpc) is 3.12. The molecule has 1 N–H and O–H groups in total. The van der Waals surface area contributed by atoms with E-state index in [-0.39, 0.29) is 5.56 Å². The lowest BCUT2D eigenvalue weighted by atomic mass is 10.2. The standard InChI is InChI=1S/C14H12N4O4S/c1-7-12(8(2)22-16-7)14(20)21-6-11(19)15-9-4-3-5-10-13(9)18-23-17-10/h3-5H,6H2,1-2H3,(H,15,19). The third kappa shape index (κ3) is 3.04. The zero-order valence-electron chi connectivity index (χ0n) is 12.3. The van der Waals surface area contributed by atoms with Gasteiger partial charge in [-0.15, -0.1) is 0 Å². The van der Waals surface area contributed by atoms with Gasteiger partial charge in [0.05, 0.1) is 23.1 Å². The molecule has 0 aliphatic carbocycles. The molecule has 1 amide bonds. The Kier molecular flexibility index (Phi) is 4.02. The Hall–Kier alpha value is -2.81. The van der Waals surface area contributed by atoms with Crippen LogP contribution >= 0.6 is 11.7 Å². The van der Waals surface area contributed by atoms with Crippen molar-refractivity contribution < 1.29 is 18.8 Å². The highest BCUT2D eigenvalue weighted by atomic mass is 32.1. The number of esters is 1. The normalized spacial score (nSPS) is 10.7. The molecule has 118 valence electrons. The third-order valence-electron chi connectivity index (χ3n) is 3.13. The van der Waals surface area contributed by atoms with Gasteiger partial charge in [-0.05, 0) is 26.0 Å². The van der Waals surface area contributed by atoms with Gasteiger partial charge in [0, 0.05) is 0 Å². The molecular weight excluding hydrogens is 320 g/mol. The number of hydrogen-bond donors (Lipinski definition) is 1. The van der Waals surface area contributed by atoms with E-state index in [9.17, 15) is 9.59 Å². The molecule has 1 aromatic carbocycles. The lowest BCUT2D eigenvalue weighted by Gasteiger charge is -2.06. The van der Waals surface area contributed by atoms with Crippen molar-refractivity contribution >= 4 is 40.3 Å². The zero-order valence-corrected chi connectivity index (χ0v) is 13.1. The Morgan fingerprint density at radius 3 is 2.87 bits per heavy atom. The molecule has 0 atom stereocenters. The Labute approximate surface area is 134 Å². The second-order valence-electron chi connectivity index (χ2n) is 4.76. The fraction of sp³-hybridized carbons (Fsp3) is 0.214. The van der Waals surface area contributed by atoms with E-state index in [0.717, 1.165) is 11.7 Å². The summed E-state index contributed by atoms with van der Waals surface area (Å²) in [4.78, 5) is 23.9. The van der Waals surface area contributed by atoms with Crippen LogP contribution in [0.3, 0.4) is 0 Å². The Balaban J connectivity index is 1.64. The van der Waals surface area contributed by atoms with Gasteiger partial charge < -0.3 is 14.6 Å². The van der Waals surface area contributed by atoms with Gasteiger partial charge in [0.1, 0.15) is 22.4 Å². The summed E-state index contributed by atoms with van der Waals surface area (Å²) in [5.74, 6) is -0.762. The number of anilines is 1. The smallest absolute Gasteiger partial charge is 0.344 e. The van der Waals surface area contributed by atoms with Crippen molar-refractivity contribution in [3.8, 4) is 0 Å². The van der Waals surface area contributed by atoms with E-state index in [0.29, 0.717) is 28.2 Å². The molecule has 2 heterocycles. The summed E-state index contributed by atoms with van der Waals surface area (Å²) < 4.78 is 18.1. The maximum Gasteiger partial charge on any atom is 0.344 e. The van der Waals surface area contributed by atoms with Crippen molar-refractivity contribution in [3.63, 3.8) is 0 Å². The fourth-order valence-corrected chi connectivity index (χ4v) is 2.62. The molecule has 0 aliphatic heterocycles. The molecule has 0 saturated carbocycles. The molecular formula is C14H12N4O4S. The van der Waals surface area contributed by atoms with Crippen LogP contribution in [-0.2, 0) is 9.53 Å². The largest absolute Gasteiger partial charge is 0.452 e. The number of benzene rings is 1. The topological polar surface area (TPSA) is 107 Å². The predicted molar refractivity (Wildman–Crippen MR) is 82.3 cm³/mol. The maximum atomic E-state index is 12.0. The third-order valence-corrected chi connectivity index (χ3v) is 3.67. The van der Waals surface area contributed by atoms with Crippen LogP contribution in [0.5, 0.6) is 0 Å². The summed E-state index contributed by atoms with van der Waals surface area (Å²) in [5, 5.41) is 6.32. The fourth-order valence-electron chi connectivity index (χ4n) is 2.07. The van der Waals surface area contributed by atoms with Crippen LogP contribution in [0.2, 0.25) is 0 Å². The number of amides is 1. The summed E-state index contributed by atoms with van der Waals surface area (Å²) in [6.45, 7) is 2.81. The predicted octanol–water partition coefficient (Wildman–Crippen LogP) is 2.09. The zero-order chi connectivity index (χ0) is 16.4. The van der Waals surface area contributed by atoms with E-state index in [1.165, 1.54) is 0 Å². The van der Waals surface area contributed by atoms with E-state index in [2.05, 4.69) is 19.2 Å². The minimum atomic E-state index is -0.648. The molecule has 0 aliphatic rings. The summed E-state index contributed by atoms with van der Waals surface area (Å²) >= 11 is 1.06. The second kappa shape index (κ2) is 6.13. The molecule has 8 nitrogen and oxygen atoms in total. The van der Waals surface area contributed by atoms with Crippen LogP contribution in [0, 0.1) is 13.8 Å². The molecule has 0 spiro atoms. The van der Waals surface area contributed by atoms with Crippen LogP contribution in [0.4, 0.5) is 5.69 Å². The second-order valence-corrected chi connectivity index (χ2v) is 5.29. The molecule has 0 radical (unpaired) electrons. The highest BCUT2D eigenvalue weighted by Crippen LogP contribution is 2.21. The first-order valence-electron chi connectivity index (χ1n) is 6.67. The molecule has 0 bridgehead atoms. The average molecular weight is 332 g/mol. The van der Waals surface area contributed by atoms with Gasteiger partial charge in [0.15, 0.2) is 6.61 Å². The quantitative estimate of drug-likeness (QED) is 0.729. The molecule has 23 heavy (non-hydrogen) atoms. The number of nitrogens with one attached hydrogen (secondary N) is 1. The summed E-state index contributed by atoms with van der Waals surface area (Å²) in [7, 11) is 0. The van der Waals surface area contributed by atoms with Crippen LogP contribution in [0.15, 0.2) is 22.7 Å². The van der Waals surface area contributed by atoms with Crippen molar-refractivity contribution in [2.45, 2.75) is 13.8 Å². The molecule has 3 aromatic rings. The summed E-state index contributed by atoms with van der Waals surface area (Å²) in [5.41, 5.74) is 2.48. The van der Waals surface area contributed by atoms with Gasteiger partial charge in [-0.3, -0.25) is 4.79 Å². The van der Waals surface area contributed by atoms with Crippen LogP contribution in [0.1, 0.15) is 21.8 Å². The van der Waals surface area contributed by atoms with Gasteiger partial charge >= 0.3 is 5.97 Å². The van der Waals surface area contributed by atoms with Crippen molar-refractivity contribution in [1.82, 2.24) is 13.9 Å². The number of aryl methyl sites for hydroxylation is 2. The highest BCUT2D eigenvalue weighted by molar-refractivity contribution is 7.00. The molecule has 2 aromatic heterocycles. The number of ether oxygens (including phenoxy) is 1. The SMILES string of the molecule is Cc1noc(C)c1C(=O)OCC(=O)Nc1cccc2nsnc12. The maximum absolute atomic E-state index is 12.0. The number of rotatable bonds is 4. The molecule has 0 fully saturated rings. The number of nitrogens with zero attached hydrogens (tertiary/aromatic N) is 3. The highest BCUT2D eigenvalue weighted by Gasteiger charge is 2.20. The molecule has 0 unspecified atom stereocenters. The first-order chi connectivity index (χ1) is 11.1. The van der Waals surface area contributed by atoms with E-state index in [1.54, 1.807) is 32.0 Å². The minimum Gasteiger partial charge on any atom is -0.452 e. The van der Waals surface area contributed by atoms with Gasteiger partial charge in [-0.25, -0.2) is 4.79 Å². The van der Waals surface area contributed by atoms with Crippen molar-refractivity contribution in [3.05, 3.63) is 35.2 Å². The summed E-state index contributed by atoms with van der Waals surface area (Å²) in [6, 6.07) is 5.26. The minimum absolute atomic E-state index is 0.239. The van der Waals surface area contributed by atoms with Gasteiger partial charge in [0.2, 0.25) is 0 Å². The van der Waals surface area contributed by atoms with Gasteiger partial charge in [-0.2, -0.15) is 8.75 Å². The number of aromatic nitrogens is 3. The number of carbonyl (C=O) groups excluding carboxylic acids is 2. The van der Waals surface area contributed by atoms with Gasteiger partial charge in [0.25, 0.3) is 5.91 Å². The molecule has 3 rings (SSSR count). The Morgan fingerprint density at radius 2 is 2.13 bits per heavy atom. The van der Waals surface area contributed by atoms with Crippen LogP contribution in [-0.4, -0.2) is 32.4 Å². The van der Waals surface area contributed by atoms with Gasteiger partial charge in [-0.1, -0.05) is 11.2 Å². The Bertz CT molecular complexity index is 866. The lowest BCUT2D eigenvalue weighted by Crippen LogP contribution is -2.21. The van der Waals surface area contributed by atoms with E-state index >= 15 is 0 Å². The number of hydrogen-bond acceptors (Lipinski definition) is 8. The van der Waals surface area contributed by atoms with E-state index in [4.69, 9.17) is 9.26 Å². The van der Waals surface area contributed by atoms with Crippen LogP contribution in [0.25, 0.3) is 11.0 Å². The molecule has 9 heteroatoms. The van der Waals surface area contributed by atoms with E-state index < -0.39 is 18.5 Å². The number of carbonyl (C=O) groups is 2. The lowest BCUT2D eigenvalue weighted by molar-refractivity contribution is -0.119. The monoisotopic (exact) mass is 332 g/mol. The number of fused-ring (bicyclic) bond motifs is 1. The van der Waals surface area contributed by atoms with E-state index in [1.807, 2.05) is 0 Å². The van der Waals surface area contributed by atoms with Crippen LogP contribution < -0.4 is 5.32 Å². The summed E-state index contributed by atoms with van der Waals surface area (Å²) in [6.07, 6.45) is 0. The Morgan fingerprint density at radius 1 is 1.30 bits per heavy atom. The molecule has 0 saturated heterocycles. The van der Waals surface area contributed by atoms with Crippen molar-refractivity contribution in [1.29, 1.82) is 0 Å². The van der Waals surface area contributed by atoms with Crippen molar-refractivity contribution in [2.75, 3.05) is 11.9 Å².